The van der Waals surface area contributed by atoms with Crippen molar-refractivity contribution in [2.24, 2.45) is 5.92 Å². The van der Waals surface area contributed by atoms with Crippen LogP contribution in [0.4, 0.5) is 0 Å². The molecule has 1 nitrogen and oxygen atoms in total. The van der Waals surface area contributed by atoms with E-state index < -0.39 is 0 Å². The molecule has 116 valence electrons. The van der Waals surface area contributed by atoms with E-state index in [1.54, 1.807) is 0 Å². The van der Waals surface area contributed by atoms with Gasteiger partial charge in [0.05, 0.1) is 0 Å². The fourth-order valence-electron chi connectivity index (χ4n) is 3.11. The molecule has 1 aliphatic carbocycles. The summed E-state index contributed by atoms with van der Waals surface area (Å²) in [5.74, 6) is 0.304. The lowest BCUT2D eigenvalue weighted by atomic mass is 9.99. The fraction of sp³-hybridized carbons (Fsp3) is 0.632. The Labute approximate surface area is 133 Å². The van der Waals surface area contributed by atoms with E-state index in [2.05, 4.69) is 31.2 Å². The standard InChI is InChI=1S/C19H28OS/c1-2-6-16-9-12-19(13-10-16)21-18-8-5-3-4-7-17(15-20)11-14-18/h9-10,12-13,15,17-18H,2-8,11,14H2,1H3. The molecule has 1 saturated carbocycles. The summed E-state index contributed by atoms with van der Waals surface area (Å²) in [6.45, 7) is 2.23. The molecule has 0 aromatic heterocycles. The molecular weight excluding hydrogens is 276 g/mol. The van der Waals surface area contributed by atoms with Crippen molar-refractivity contribution in [1.82, 2.24) is 0 Å². The molecule has 2 unspecified atom stereocenters. The Morgan fingerprint density at radius 1 is 1.05 bits per heavy atom. The molecule has 0 radical (unpaired) electrons. The van der Waals surface area contributed by atoms with Crippen molar-refractivity contribution in [2.45, 2.75) is 74.9 Å². The van der Waals surface area contributed by atoms with Gasteiger partial charge in [-0.25, -0.2) is 0 Å². The van der Waals surface area contributed by atoms with Crippen LogP contribution in [-0.4, -0.2) is 11.5 Å². The Hall–Kier alpha value is -0.760. The summed E-state index contributed by atoms with van der Waals surface area (Å²) in [5, 5.41) is 0.683. The molecule has 1 aromatic carbocycles. The van der Waals surface area contributed by atoms with E-state index in [1.165, 1.54) is 61.7 Å². The highest BCUT2D eigenvalue weighted by atomic mass is 32.2. The quantitative estimate of drug-likeness (QED) is 0.653. The SMILES string of the molecule is CCCc1ccc(SC2CCCCCC(C=O)CC2)cc1. The molecule has 0 heterocycles. The Bertz CT molecular complexity index is 412. The second-order valence-electron chi connectivity index (χ2n) is 6.25. The number of benzene rings is 1. The summed E-state index contributed by atoms with van der Waals surface area (Å²) in [7, 11) is 0. The van der Waals surface area contributed by atoms with Crippen LogP contribution < -0.4 is 0 Å². The largest absolute Gasteiger partial charge is 0.303 e. The predicted octanol–water partition coefficient (Wildman–Crippen LogP) is 5.66. The highest BCUT2D eigenvalue weighted by Crippen LogP contribution is 2.33. The van der Waals surface area contributed by atoms with Crippen LogP contribution in [0.3, 0.4) is 0 Å². The predicted molar refractivity (Wildman–Crippen MR) is 92.0 cm³/mol. The number of aldehydes is 1. The van der Waals surface area contributed by atoms with Crippen molar-refractivity contribution in [3.8, 4) is 0 Å². The van der Waals surface area contributed by atoms with E-state index in [1.807, 2.05) is 11.8 Å². The minimum Gasteiger partial charge on any atom is -0.303 e. The van der Waals surface area contributed by atoms with Gasteiger partial charge >= 0.3 is 0 Å². The van der Waals surface area contributed by atoms with Crippen molar-refractivity contribution in [2.75, 3.05) is 0 Å². The van der Waals surface area contributed by atoms with Gasteiger partial charge in [-0.1, -0.05) is 44.7 Å². The molecule has 1 aromatic rings. The Balaban J connectivity index is 1.90. The van der Waals surface area contributed by atoms with E-state index in [0.717, 1.165) is 12.8 Å². The molecule has 2 atom stereocenters. The topological polar surface area (TPSA) is 17.1 Å². The first-order valence-corrected chi connectivity index (χ1v) is 9.40. The van der Waals surface area contributed by atoms with Crippen molar-refractivity contribution in [1.29, 1.82) is 0 Å². The molecule has 0 spiro atoms. The van der Waals surface area contributed by atoms with Crippen LogP contribution in [0.2, 0.25) is 0 Å². The van der Waals surface area contributed by atoms with Gasteiger partial charge in [0.2, 0.25) is 0 Å². The van der Waals surface area contributed by atoms with Gasteiger partial charge in [-0.15, -0.1) is 11.8 Å². The molecule has 1 aliphatic rings. The van der Waals surface area contributed by atoms with Crippen molar-refractivity contribution >= 4 is 18.0 Å². The zero-order chi connectivity index (χ0) is 14.9. The third kappa shape index (κ3) is 5.86. The number of hydrogen-bond acceptors (Lipinski definition) is 2. The van der Waals surface area contributed by atoms with Gasteiger partial charge in [0.1, 0.15) is 6.29 Å². The number of aryl methyl sites for hydroxylation is 1. The maximum Gasteiger partial charge on any atom is 0.123 e. The van der Waals surface area contributed by atoms with Crippen LogP contribution in [0, 0.1) is 5.92 Å². The van der Waals surface area contributed by atoms with Gasteiger partial charge in [-0.2, -0.15) is 0 Å². The molecule has 2 heteroatoms. The minimum absolute atomic E-state index is 0.304. The van der Waals surface area contributed by atoms with Gasteiger partial charge < -0.3 is 4.79 Å². The molecule has 0 saturated heterocycles. The van der Waals surface area contributed by atoms with E-state index >= 15 is 0 Å². The summed E-state index contributed by atoms with van der Waals surface area (Å²) >= 11 is 2.02. The molecule has 0 aliphatic heterocycles. The van der Waals surface area contributed by atoms with Gasteiger partial charge in [0.25, 0.3) is 0 Å². The third-order valence-corrected chi connectivity index (χ3v) is 5.77. The van der Waals surface area contributed by atoms with Crippen LogP contribution in [0.15, 0.2) is 29.2 Å². The van der Waals surface area contributed by atoms with Crippen molar-refractivity contribution in [3.63, 3.8) is 0 Å². The van der Waals surface area contributed by atoms with Gasteiger partial charge in [0.15, 0.2) is 0 Å². The number of hydrogen-bond donors (Lipinski definition) is 0. The lowest BCUT2D eigenvalue weighted by molar-refractivity contribution is -0.111. The van der Waals surface area contributed by atoms with Crippen LogP contribution in [0.1, 0.15) is 63.9 Å². The molecule has 21 heavy (non-hydrogen) atoms. The summed E-state index contributed by atoms with van der Waals surface area (Å²) in [4.78, 5) is 12.5. The molecule has 0 N–H and O–H groups in total. The van der Waals surface area contributed by atoms with Crippen LogP contribution in [-0.2, 0) is 11.2 Å². The Morgan fingerprint density at radius 3 is 2.52 bits per heavy atom. The zero-order valence-corrected chi connectivity index (χ0v) is 14.0. The van der Waals surface area contributed by atoms with Crippen LogP contribution in [0.5, 0.6) is 0 Å². The minimum atomic E-state index is 0.304. The van der Waals surface area contributed by atoms with Crippen molar-refractivity contribution in [3.05, 3.63) is 29.8 Å². The van der Waals surface area contributed by atoms with Gasteiger partial charge in [-0.3, -0.25) is 0 Å². The van der Waals surface area contributed by atoms with Crippen molar-refractivity contribution < 1.29 is 4.79 Å². The molecular formula is C19H28OS. The maximum absolute atomic E-state index is 11.1. The first-order chi connectivity index (χ1) is 10.3. The average molecular weight is 304 g/mol. The van der Waals surface area contributed by atoms with Crippen LogP contribution in [0.25, 0.3) is 0 Å². The second kappa shape index (κ2) is 9.30. The van der Waals surface area contributed by atoms with Gasteiger partial charge in [-0.05, 0) is 49.8 Å². The Morgan fingerprint density at radius 2 is 1.81 bits per heavy atom. The second-order valence-corrected chi connectivity index (χ2v) is 7.62. The van der Waals surface area contributed by atoms with Gasteiger partial charge in [0, 0.05) is 16.1 Å². The zero-order valence-electron chi connectivity index (χ0n) is 13.2. The Kier molecular flexibility index (Phi) is 7.35. The van der Waals surface area contributed by atoms with Crippen LogP contribution >= 0.6 is 11.8 Å². The highest BCUT2D eigenvalue weighted by Gasteiger charge is 2.16. The lowest BCUT2D eigenvalue weighted by Crippen LogP contribution is -2.07. The normalized spacial score (nSPS) is 23.9. The summed E-state index contributed by atoms with van der Waals surface area (Å²) in [5.41, 5.74) is 1.44. The number of carbonyl (C=O) groups excluding carboxylic acids is 1. The van der Waals surface area contributed by atoms with E-state index in [0.29, 0.717) is 11.2 Å². The smallest absolute Gasteiger partial charge is 0.123 e. The summed E-state index contributed by atoms with van der Waals surface area (Å²) in [6.07, 6.45) is 12.1. The number of rotatable bonds is 5. The molecule has 0 bridgehead atoms. The average Bonchev–Trinajstić information content (AvgIpc) is 2.62. The van der Waals surface area contributed by atoms with E-state index in [4.69, 9.17) is 0 Å². The lowest BCUT2D eigenvalue weighted by Gasteiger charge is -2.17. The van der Waals surface area contributed by atoms with E-state index in [9.17, 15) is 4.79 Å². The first kappa shape index (κ1) is 16.6. The maximum atomic E-state index is 11.1. The third-order valence-electron chi connectivity index (χ3n) is 4.42. The fourth-order valence-corrected chi connectivity index (χ4v) is 4.33. The molecule has 0 amide bonds. The van der Waals surface area contributed by atoms with E-state index in [-0.39, 0.29) is 0 Å². The summed E-state index contributed by atoms with van der Waals surface area (Å²) < 4.78 is 0. The summed E-state index contributed by atoms with van der Waals surface area (Å²) in [6, 6.07) is 9.10. The molecule has 1 fully saturated rings. The highest BCUT2D eigenvalue weighted by molar-refractivity contribution is 8.00. The molecule has 2 rings (SSSR count). The number of thioether (sulfide) groups is 1. The first-order valence-electron chi connectivity index (χ1n) is 8.52. The monoisotopic (exact) mass is 304 g/mol. The number of carbonyl (C=O) groups is 1.